The summed E-state index contributed by atoms with van der Waals surface area (Å²) in [6.45, 7) is 3.79. The number of hydrogen-bond acceptors (Lipinski definition) is 3. The van der Waals surface area contributed by atoms with Crippen molar-refractivity contribution in [1.82, 2.24) is 14.7 Å². The molecule has 2 unspecified atom stereocenters. The number of carbonyl (C=O) groups excluding carboxylic acids is 1. The van der Waals surface area contributed by atoms with Gasteiger partial charge in [-0.15, -0.1) is 0 Å². The average molecular weight is 283 g/mol. The molecular weight excluding hydrogens is 258 g/mol. The van der Waals surface area contributed by atoms with E-state index in [0.29, 0.717) is 13.0 Å². The van der Waals surface area contributed by atoms with Gasteiger partial charge in [-0.2, -0.15) is 0 Å². The Labute approximate surface area is 120 Å². The lowest BCUT2D eigenvalue weighted by atomic mass is 9.99. The van der Waals surface area contributed by atoms with Crippen molar-refractivity contribution < 1.29 is 14.7 Å². The van der Waals surface area contributed by atoms with Crippen LogP contribution in [0.2, 0.25) is 0 Å². The Bertz CT molecular complexity index is 399. The van der Waals surface area contributed by atoms with Crippen LogP contribution in [0.4, 0.5) is 4.79 Å². The molecule has 2 heterocycles. The van der Waals surface area contributed by atoms with E-state index in [-0.39, 0.29) is 12.1 Å². The zero-order valence-corrected chi connectivity index (χ0v) is 12.6. The summed E-state index contributed by atoms with van der Waals surface area (Å²) in [5, 5.41) is 9.43. The molecule has 0 spiro atoms. The number of nitrogens with zero attached hydrogens (tertiary/aromatic N) is 3. The van der Waals surface area contributed by atoms with Gasteiger partial charge in [0.2, 0.25) is 0 Å². The summed E-state index contributed by atoms with van der Waals surface area (Å²) in [4.78, 5) is 29.7. The lowest BCUT2D eigenvalue weighted by Crippen LogP contribution is -2.56. The van der Waals surface area contributed by atoms with Crippen LogP contribution in [-0.4, -0.2) is 77.1 Å². The third-order valence-corrected chi connectivity index (χ3v) is 4.53. The van der Waals surface area contributed by atoms with E-state index in [9.17, 15) is 14.7 Å². The van der Waals surface area contributed by atoms with Gasteiger partial charge in [-0.05, 0) is 46.7 Å². The van der Waals surface area contributed by atoms with E-state index in [1.807, 2.05) is 19.0 Å². The number of carboxylic acid groups (broad SMARTS) is 1. The van der Waals surface area contributed by atoms with Crippen LogP contribution in [-0.2, 0) is 4.79 Å². The molecule has 0 bridgehead atoms. The molecule has 0 aromatic rings. The first kappa shape index (κ1) is 15.1. The summed E-state index contributed by atoms with van der Waals surface area (Å²) in [6, 6.07) is 0.105. The summed E-state index contributed by atoms with van der Waals surface area (Å²) < 4.78 is 0. The topological polar surface area (TPSA) is 64.1 Å². The van der Waals surface area contributed by atoms with Gasteiger partial charge in [0, 0.05) is 25.7 Å². The monoisotopic (exact) mass is 283 g/mol. The number of aliphatic carboxylic acids is 1. The molecule has 2 aliphatic rings. The summed E-state index contributed by atoms with van der Waals surface area (Å²) >= 11 is 0. The van der Waals surface area contributed by atoms with Crippen molar-refractivity contribution >= 4 is 12.0 Å². The first-order valence-corrected chi connectivity index (χ1v) is 7.32. The van der Waals surface area contributed by atoms with Crippen LogP contribution in [0.3, 0.4) is 0 Å². The second-order valence-electron chi connectivity index (χ2n) is 6.37. The highest BCUT2D eigenvalue weighted by molar-refractivity contribution is 5.87. The maximum Gasteiger partial charge on any atom is 0.329 e. The molecule has 2 fully saturated rings. The van der Waals surface area contributed by atoms with E-state index >= 15 is 0 Å². The number of hydrogen-bond donors (Lipinski definition) is 1. The lowest BCUT2D eigenvalue weighted by molar-refractivity contribution is -0.147. The summed E-state index contributed by atoms with van der Waals surface area (Å²) in [7, 11) is 4.00. The number of urea groups is 1. The summed E-state index contributed by atoms with van der Waals surface area (Å²) in [6.07, 6.45) is 3.31. The molecule has 0 aliphatic carbocycles. The Morgan fingerprint density at radius 3 is 2.60 bits per heavy atom. The number of likely N-dealkylation sites (tertiary alicyclic amines) is 2. The lowest BCUT2D eigenvalue weighted by Gasteiger charge is -2.37. The first-order chi connectivity index (χ1) is 9.36. The molecule has 2 aliphatic heterocycles. The van der Waals surface area contributed by atoms with Crippen molar-refractivity contribution in [3.63, 3.8) is 0 Å². The van der Waals surface area contributed by atoms with Gasteiger partial charge < -0.3 is 19.8 Å². The van der Waals surface area contributed by atoms with Crippen molar-refractivity contribution in [3.05, 3.63) is 0 Å². The SMILES string of the molecule is CN(C)CC1CCCN1C(=O)N1CCCC1(C)C(=O)O. The van der Waals surface area contributed by atoms with E-state index in [4.69, 9.17) is 0 Å². The maximum atomic E-state index is 12.7. The molecule has 0 saturated carbocycles. The fraction of sp³-hybridized carbons (Fsp3) is 0.857. The smallest absolute Gasteiger partial charge is 0.329 e. The fourth-order valence-corrected chi connectivity index (χ4v) is 3.35. The van der Waals surface area contributed by atoms with E-state index in [0.717, 1.165) is 32.4 Å². The standard InChI is InChI=1S/C14H25N3O3/c1-14(12(18)19)7-5-9-17(14)13(20)16-8-4-6-11(16)10-15(2)3/h11H,4-10H2,1-3H3,(H,18,19). The number of carbonyl (C=O) groups is 2. The predicted molar refractivity (Wildman–Crippen MR) is 75.7 cm³/mol. The van der Waals surface area contributed by atoms with Crippen LogP contribution in [0, 0.1) is 0 Å². The number of carboxylic acids is 1. The van der Waals surface area contributed by atoms with Crippen LogP contribution in [0.5, 0.6) is 0 Å². The fourth-order valence-electron chi connectivity index (χ4n) is 3.35. The van der Waals surface area contributed by atoms with Gasteiger partial charge in [0.05, 0.1) is 0 Å². The minimum Gasteiger partial charge on any atom is -0.480 e. The largest absolute Gasteiger partial charge is 0.480 e. The molecule has 2 amide bonds. The molecule has 0 aromatic heterocycles. The Morgan fingerprint density at radius 1 is 1.30 bits per heavy atom. The average Bonchev–Trinajstić information content (AvgIpc) is 2.95. The Balaban J connectivity index is 2.12. The maximum absolute atomic E-state index is 12.7. The van der Waals surface area contributed by atoms with Crippen molar-refractivity contribution in [3.8, 4) is 0 Å². The molecule has 6 heteroatoms. The van der Waals surface area contributed by atoms with Crippen molar-refractivity contribution in [2.24, 2.45) is 0 Å². The normalized spacial score (nSPS) is 30.3. The molecule has 2 atom stereocenters. The van der Waals surface area contributed by atoms with Crippen molar-refractivity contribution in [1.29, 1.82) is 0 Å². The highest BCUT2D eigenvalue weighted by atomic mass is 16.4. The van der Waals surface area contributed by atoms with Gasteiger partial charge in [0.15, 0.2) is 0 Å². The second-order valence-corrected chi connectivity index (χ2v) is 6.37. The van der Waals surface area contributed by atoms with Gasteiger partial charge >= 0.3 is 12.0 Å². The van der Waals surface area contributed by atoms with E-state index in [2.05, 4.69) is 4.90 Å². The zero-order valence-electron chi connectivity index (χ0n) is 12.6. The van der Waals surface area contributed by atoms with Crippen LogP contribution < -0.4 is 0 Å². The van der Waals surface area contributed by atoms with Gasteiger partial charge in [0.25, 0.3) is 0 Å². The van der Waals surface area contributed by atoms with Crippen LogP contribution in [0.1, 0.15) is 32.6 Å². The molecule has 0 aromatic carbocycles. The van der Waals surface area contributed by atoms with E-state index in [1.165, 1.54) is 0 Å². The summed E-state index contributed by atoms with van der Waals surface area (Å²) in [5.41, 5.74) is -1.04. The number of likely N-dealkylation sites (N-methyl/N-ethyl adjacent to an activating group) is 1. The Morgan fingerprint density at radius 2 is 2.00 bits per heavy atom. The molecule has 0 radical (unpaired) electrons. The molecular formula is C14H25N3O3. The number of amides is 2. The van der Waals surface area contributed by atoms with Crippen LogP contribution in [0.15, 0.2) is 0 Å². The van der Waals surface area contributed by atoms with Crippen molar-refractivity contribution in [2.75, 3.05) is 33.7 Å². The van der Waals surface area contributed by atoms with Crippen molar-refractivity contribution in [2.45, 2.75) is 44.2 Å². The highest BCUT2D eigenvalue weighted by Gasteiger charge is 2.48. The van der Waals surface area contributed by atoms with Gasteiger partial charge in [-0.25, -0.2) is 9.59 Å². The Hall–Kier alpha value is -1.30. The van der Waals surface area contributed by atoms with Crippen LogP contribution in [0.25, 0.3) is 0 Å². The second kappa shape index (κ2) is 5.60. The summed E-state index contributed by atoms with van der Waals surface area (Å²) in [5.74, 6) is -0.897. The van der Waals surface area contributed by atoms with Crippen LogP contribution >= 0.6 is 0 Å². The molecule has 114 valence electrons. The van der Waals surface area contributed by atoms with E-state index < -0.39 is 11.5 Å². The third kappa shape index (κ3) is 2.61. The van der Waals surface area contributed by atoms with Gasteiger partial charge in [-0.3, -0.25) is 0 Å². The molecule has 20 heavy (non-hydrogen) atoms. The Kier molecular flexibility index (Phi) is 4.22. The highest BCUT2D eigenvalue weighted by Crippen LogP contribution is 2.32. The predicted octanol–water partition coefficient (Wildman–Crippen LogP) is 1.07. The molecule has 2 rings (SSSR count). The minimum atomic E-state index is -1.04. The van der Waals surface area contributed by atoms with Gasteiger partial charge in [-0.1, -0.05) is 0 Å². The quantitative estimate of drug-likeness (QED) is 0.841. The number of rotatable bonds is 3. The molecule has 1 N–H and O–H groups in total. The molecule has 2 saturated heterocycles. The minimum absolute atomic E-state index is 0.100. The zero-order chi connectivity index (χ0) is 14.9. The van der Waals surface area contributed by atoms with E-state index in [1.54, 1.807) is 11.8 Å². The first-order valence-electron chi connectivity index (χ1n) is 7.32. The third-order valence-electron chi connectivity index (χ3n) is 4.53. The van der Waals surface area contributed by atoms with Gasteiger partial charge in [0.1, 0.15) is 5.54 Å². The molecule has 6 nitrogen and oxygen atoms in total.